The van der Waals surface area contributed by atoms with Crippen molar-refractivity contribution < 1.29 is 0 Å². The van der Waals surface area contributed by atoms with E-state index in [0.717, 1.165) is 42.0 Å². The Balaban J connectivity index is 1.55. The number of anilines is 3. The van der Waals surface area contributed by atoms with E-state index in [1.807, 2.05) is 28.9 Å². The summed E-state index contributed by atoms with van der Waals surface area (Å²) in [7, 11) is 2.17. The van der Waals surface area contributed by atoms with Gasteiger partial charge in [0.2, 0.25) is 5.95 Å². The van der Waals surface area contributed by atoms with Crippen molar-refractivity contribution in [3.63, 3.8) is 0 Å². The van der Waals surface area contributed by atoms with Crippen molar-refractivity contribution in [2.24, 2.45) is 0 Å². The molecule has 2 aromatic heterocycles. The van der Waals surface area contributed by atoms with Crippen LogP contribution in [-0.2, 0) is 0 Å². The van der Waals surface area contributed by atoms with E-state index in [9.17, 15) is 0 Å². The number of hydrogen-bond acceptors (Lipinski definition) is 5. The second-order valence-corrected chi connectivity index (χ2v) is 6.85. The Kier molecular flexibility index (Phi) is 4.12. The zero-order valence-corrected chi connectivity index (χ0v) is 15.1. The van der Waals surface area contributed by atoms with Crippen molar-refractivity contribution in [2.45, 2.75) is 0 Å². The lowest BCUT2D eigenvalue weighted by Crippen LogP contribution is -2.44. The molecule has 7 heteroatoms. The summed E-state index contributed by atoms with van der Waals surface area (Å²) in [5, 5.41) is 7.81. The molecule has 4 rings (SSSR count). The normalized spacial score (nSPS) is 15.8. The topological polar surface area (TPSA) is 48.7 Å². The summed E-state index contributed by atoms with van der Waals surface area (Å²) in [6.45, 7) is 4.30. The van der Waals surface area contributed by atoms with Gasteiger partial charge in [0.15, 0.2) is 0 Å². The highest BCUT2D eigenvalue weighted by Crippen LogP contribution is 2.23. The fourth-order valence-corrected chi connectivity index (χ4v) is 3.32. The first kappa shape index (κ1) is 15.4. The van der Waals surface area contributed by atoms with E-state index in [1.54, 1.807) is 0 Å². The molecule has 0 spiro atoms. The van der Waals surface area contributed by atoms with Crippen LogP contribution in [0.4, 0.5) is 17.3 Å². The fraction of sp³-hybridized carbons (Fsp3) is 0.294. The van der Waals surface area contributed by atoms with E-state index in [0.29, 0.717) is 5.95 Å². The highest BCUT2D eigenvalue weighted by molar-refractivity contribution is 9.10. The molecule has 1 N–H and O–H groups in total. The molecule has 1 aliphatic rings. The number of hydrogen-bond donors (Lipinski definition) is 1. The third-order valence-electron chi connectivity index (χ3n) is 4.32. The van der Waals surface area contributed by atoms with E-state index in [1.165, 1.54) is 5.69 Å². The van der Waals surface area contributed by atoms with Gasteiger partial charge in [-0.25, -0.2) is 9.50 Å². The van der Waals surface area contributed by atoms with E-state index < -0.39 is 0 Å². The smallest absolute Gasteiger partial charge is 0.245 e. The third kappa shape index (κ3) is 3.09. The standard InChI is InChI=1S/C17H19BrN6/c1-22-7-9-23(10-8-22)14-4-2-3-13(11-14)20-17-19-12-15-5-6-16(18)24(15)21-17/h2-6,11-12H,7-10H2,1H3,(H,20,21). The van der Waals surface area contributed by atoms with Gasteiger partial charge >= 0.3 is 0 Å². The van der Waals surface area contributed by atoms with Gasteiger partial charge in [-0.05, 0) is 53.3 Å². The molecule has 1 aliphatic heterocycles. The van der Waals surface area contributed by atoms with Gasteiger partial charge in [-0.3, -0.25) is 0 Å². The Morgan fingerprint density at radius 3 is 2.75 bits per heavy atom. The summed E-state index contributed by atoms with van der Waals surface area (Å²) < 4.78 is 2.73. The van der Waals surface area contributed by atoms with Gasteiger partial charge in [0.1, 0.15) is 4.60 Å². The van der Waals surface area contributed by atoms with Crippen molar-refractivity contribution in [1.82, 2.24) is 19.5 Å². The lowest BCUT2D eigenvalue weighted by Gasteiger charge is -2.34. The van der Waals surface area contributed by atoms with Crippen molar-refractivity contribution in [2.75, 3.05) is 43.4 Å². The van der Waals surface area contributed by atoms with Gasteiger partial charge in [-0.15, -0.1) is 5.10 Å². The first-order valence-electron chi connectivity index (χ1n) is 8.00. The maximum absolute atomic E-state index is 4.51. The zero-order valence-electron chi connectivity index (χ0n) is 13.5. The minimum Gasteiger partial charge on any atom is -0.369 e. The molecule has 0 bridgehead atoms. The average molecular weight is 387 g/mol. The maximum atomic E-state index is 4.51. The molecule has 1 fully saturated rings. The quantitative estimate of drug-likeness (QED) is 0.749. The van der Waals surface area contributed by atoms with Gasteiger partial charge in [0, 0.05) is 37.6 Å². The van der Waals surface area contributed by atoms with Crippen LogP contribution in [0.25, 0.3) is 5.52 Å². The Morgan fingerprint density at radius 2 is 1.92 bits per heavy atom. The van der Waals surface area contributed by atoms with E-state index in [4.69, 9.17) is 0 Å². The molecule has 0 atom stereocenters. The Bertz CT molecular complexity index is 853. The number of nitrogens with zero attached hydrogens (tertiary/aromatic N) is 5. The summed E-state index contributed by atoms with van der Waals surface area (Å²) >= 11 is 3.49. The lowest BCUT2D eigenvalue weighted by molar-refractivity contribution is 0.313. The second kappa shape index (κ2) is 6.41. The minimum atomic E-state index is 0.579. The zero-order chi connectivity index (χ0) is 16.5. The third-order valence-corrected chi connectivity index (χ3v) is 4.92. The van der Waals surface area contributed by atoms with Crippen molar-refractivity contribution in [3.05, 3.63) is 47.2 Å². The largest absolute Gasteiger partial charge is 0.369 e. The molecular weight excluding hydrogens is 368 g/mol. The van der Waals surface area contributed by atoms with Gasteiger partial charge < -0.3 is 15.1 Å². The number of aromatic nitrogens is 3. The fourth-order valence-electron chi connectivity index (χ4n) is 2.90. The molecule has 24 heavy (non-hydrogen) atoms. The van der Waals surface area contributed by atoms with Gasteiger partial charge in [-0.1, -0.05) is 6.07 Å². The predicted molar refractivity (Wildman–Crippen MR) is 100 cm³/mol. The molecule has 0 saturated carbocycles. The SMILES string of the molecule is CN1CCN(c2cccc(Nc3ncc4ccc(Br)n4n3)c2)CC1. The minimum absolute atomic E-state index is 0.579. The van der Waals surface area contributed by atoms with Crippen molar-refractivity contribution >= 4 is 38.8 Å². The molecule has 0 aliphatic carbocycles. The van der Waals surface area contributed by atoms with Crippen LogP contribution in [0, 0.1) is 0 Å². The van der Waals surface area contributed by atoms with E-state index in [2.05, 4.69) is 66.4 Å². The maximum Gasteiger partial charge on any atom is 0.245 e. The Hall–Kier alpha value is -2.12. The molecule has 3 heterocycles. The monoisotopic (exact) mass is 386 g/mol. The molecule has 1 saturated heterocycles. The summed E-state index contributed by atoms with van der Waals surface area (Å²) in [4.78, 5) is 9.16. The molecule has 0 amide bonds. The predicted octanol–water partition coefficient (Wildman–Crippen LogP) is 2.99. The summed E-state index contributed by atoms with van der Waals surface area (Å²) in [5.74, 6) is 0.579. The number of benzene rings is 1. The first-order chi connectivity index (χ1) is 11.7. The van der Waals surface area contributed by atoms with Crippen LogP contribution in [0.1, 0.15) is 0 Å². The second-order valence-electron chi connectivity index (χ2n) is 6.04. The molecule has 0 unspecified atom stereocenters. The molecule has 6 nitrogen and oxygen atoms in total. The molecular formula is C17H19BrN6. The molecule has 124 valence electrons. The Morgan fingerprint density at radius 1 is 1.08 bits per heavy atom. The van der Waals surface area contributed by atoms with E-state index >= 15 is 0 Å². The van der Waals surface area contributed by atoms with Crippen LogP contribution < -0.4 is 10.2 Å². The van der Waals surface area contributed by atoms with Crippen LogP contribution in [-0.4, -0.2) is 52.7 Å². The molecule has 1 aromatic carbocycles. The highest BCUT2D eigenvalue weighted by Gasteiger charge is 2.14. The number of rotatable bonds is 3. The molecule has 3 aromatic rings. The number of fused-ring (bicyclic) bond motifs is 1. The van der Waals surface area contributed by atoms with Crippen LogP contribution in [0.5, 0.6) is 0 Å². The van der Waals surface area contributed by atoms with Crippen LogP contribution in [0.2, 0.25) is 0 Å². The number of likely N-dealkylation sites (N-methyl/N-ethyl adjacent to an activating group) is 1. The number of halogens is 1. The van der Waals surface area contributed by atoms with Crippen LogP contribution in [0.3, 0.4) is 0 Å². The van der Waals surface area contributed by atoms with Crippen molar-refractivity contribution in [1.29, 1.82) is 0 Å². The van der Waals surface area contributed by atoms with E-state index in [-0.39, 0.29) is 0 Å². The van der Waals surface area contributed by atoms with Crippen LogP contribution >= 0.6 is 15.9 Å². The number of nitrogens with one attached hydrogen (secondary N) is 1. The van der Waals surface area contributed by atoms with Crippen LogP contribution in [0.15, 0.2) is 47.2 Å². The highest BCUT2D eigenvalue weighted by atomic mass is 79.9. The average Bonchev–Trinajstić information content (AvgIpc) is 2.97. The summed E-state index contributed by atoms with van der Waals surface area (Å²) in [6, 6.07) is 12.4. The Labute approximate surface area is 149 Å². The van der Waals surface area contributed by atoms with Gasteiger partial charge in [0.05, 0.1) is 11.7 Å². The molecule has 0 radical (unpaired) electrons. The number of piperazine rings is 1. The summed E-state index contributed by atoms with van der Waals surface area (Å²) in [6.07, 6.45) is 1.81. The first-order valence-corrected chi connectivity index (χ1v) is 8.79. The lowest BCUT2D eigenvalue weighted by atomic mass is 10.2. The van der Waals surface area contributed by atoms with Crippen molar-refractivity contribution in [3.8, 4) is 0 Å². The van der Waals surface area contributed by atoms with Gasteiger partial charge in [-0.2, -0.15) is 0 Å². The summed E-state index contributed by atoms with van der Waals surface area (Å²) in [5.41, 5.74) is 3.18. The van der Waals surface area contributed by atoms with Gasteiger partial charge in [0.25, 0.3) is 0 Å².